The van der Waals surface area contributed by atoms with Gasteiger partial charge in [0.25, 0.3) is 0 Å². The van der Waals surface area contributed by atoms with Gasteiger partial charge < -0.3 is 19.8 Å². The zero-order valence-corrected chi connectivity index (χ0v) is 53.1. The molecule has 9 heteroatoms. The van der Waals surface area contributed by atoms with Gasteiger partial charge >= 0.3 is 7.82 Å². The summed E-state index contributed by atoms with van der Waals surface area (Å²) in [6.07, 6.45) is 96.2. The van der Waals surface area contributed by atoms with Crippen LogP contribution in [0.25, 0.3) is 0 Å². The monoisotopic (exact) mass is 1140 g/mol. The molecule has 0 aliphatic rings. The Bertz CT molecular complexity index is 1920. The van der Waals surface area contributed by atoms with Gasteiger partial charge in [-0.05, 0) is 122 Å². The summed E-state index contributed by atoms with van der Waals surface area (Å²) in [5.41, 5.74) is 0. The number of nitrogens with one attached hydrogen (secondary N) is 1. The Morgan fingerprint density at radius 3 is 1.14 bits per heavy atom. The number of unbranched alkanes of at least 4 members (excludes halogenated alkanes) is 17. The van der Waals surface area contributed by atoms with E-state index >= 15 is 0 Å². The fraction of sp³-hybridized carbons (Fsp3) is 0.597. The van der Waals surface area contributed by atoms with Crippen molar-refractivity contribution in [3.8, 4) is 0 Å². The Labute approximate surface area is 498 Å². The van der Waals surface area contributed by atoms with Crippen LogP contribution in [0, 0.1) is 0 Å². The minimum Gasteiger partial charge on any atom is -0.387 e. The first kappa shape index (κ1) is 76.9. The second-order valence-electron chi connectivity index (χ2n) is 22.0. The lowest BCUT2D eigenvalue weighted by Crippen LogP contribution is -2.45. The van der Waals surface area contributed by atoms with Crippen molar-refractivity contribution in [2.45, 2.75) is 238 Å². The molecule has 0 heterocycles. The van der Waals surface area contributed by atoms with Crippen molar-refractivity contribution in [3.05, 3.63) is 170 Å². The number of hydrogen-bond donors (Lipinski definition) is 3. The number of hydrogen-bond acceptors (Lipinski definition) is 5. The van der Waals surface area contributed by atoms with Crippen LogP contribution in [-0.4, -0.2) is 73.4 Å². The minimum absolute atomic E-state index is 0.0383. The van der Waals surface area contributed by atoms with E-state index in [0.717, 1.165) is 109 Å². The molecule has 0 aliphatic carbocycles. The lowest BCUT2D eigenvalue weighted by molar-refractivity contribution is -0.870. The van der Waals surface area contributed by atoms with Crippen LogP contribution in [0.5, 0.6) is 0 Å². The third kappa shape index (κ3) is 63.3. The molecule has 0 aromatic rings. The van der Waals surface area contributed by atoms with Crippen molar-refractivity contribution in [2.75, 3.05) is 40.9 Å². The van der Waals surface area contributed by atoms with Crippen LogP contribution in [-0.2, 0) is 18.4 Å². The topological polar surface area (TPSA) is 105 Å². The summed E-state index contributed by atoms with van der Waals surface area (Å²) < 4.78 is 23.7. The summed E-state index contributed by atoms with van der Waals surface area (Å²) in [4.78, 5) is 23.3. The Morgan fingerprint density at radius 2 is 0.753 bits per heavy atom. The van der Waals surface area contributed by atoms with Crippen molar-refractivity contribution < 1.29 is 32.9 Å². The summed E-state index contributed by atoms with van der Waals surface area (Å²) in [5.74, 6) is -0.235. The molecule has 0 aliphatic heterocycles. The van der Waals surface area contributed by atoms with E-state index in [2.05, 4.69) is 177 Å². The average Bonchev–Trinajstić information content (AvgIpc) is 3.43. The first-order chi connectivity index (χ1) is 39.5. The van der Waals surface area contributed by atoms with Crippen molar-refractivity contribution in [1.29, 1.82) is 0 Å². The SMILES string of the molecule is CC/C=C\C/C=C\C/C=C\C/C=C\C/C=C\C/C=C\C/C=C\C/C=C\C/C=C\C/C=C\C/C=C\C/C=C\CCCCC(=O)NC(COP(=O)(O)OCC[N+](C)(C)C)C(O)/C=C/CC/C=C/CCCCCCCCCCCCCCCC. The number of carbonyl (C=O) groups is 1. The molecule has 3 N–H and O–H groups in total. The standard InChI is InChI=1S/C72H119N2O6P/c1-6-8-10-12-14-16-18-20-22-24-26-28-29-30-31-32-33-34-35-36-37-38-39-40-41-42-43-44-45-46-48-50-52-54-56-58-60-62-64-66-72(76)73-70(69-80-81(77,78)79-68-67-74(3,4)5)71(75)65-63-61-59-57-55-53-51-49-47-27-25-23-21-19-17-15-13-11-9-7-2/h8,10,14,16,20,22,26,28,30-31,33-34,36-37,39-40,42-43,45-46,50,52,55-58,63,65,70-71,75H,6-7,9,11-13,15,17-19,21,23-25,27,29,32,35,38,41,44,47-49,51,53-54,59-62,64,66-69H2,1-5H3,(H-,73,76,77,78)/p+1/b10-8-,16-14-,22-20-,28-26-,31-30-,34-33-,37-36-,40-39-,43-42-,46-45-,52-50-,57-55+,58-56-,65-63+. The molecule has 0 saturated carbocycles. The number of nitrogens with zero attached hydrogens (tertiary/aromatic N) is 1. The number of phosphoric ester groups is 1. The molecule has 8 nitrogen and oxygen atoms in total. The van der Waals surface area contributed by atoms with E-state index in [4.69, 9.17) is 9.05 Å². The van der Waals surface area contributed by atoms with Gasteiger partial charge in [0.15, 0.2) is 0 Å². The van der Waals surface area contributed by atoms with Crippen molar-refractivity contribution >= 4 is 13.7 Å². The fourth-order valence-electron chi connectivity index (χ4n) is 8.21. The van der Waals surface area contributed by atoms with Gasteiger partial charge in [0.1, 0.15) is 13.2 Å². The van der Waals surface area contributed by atoms with Crippen LogP contribution in [0.2, 0.25) is 0 Å². The van der Waals surface area contributed by atoms with Crippen molar-refractivity contribution in [2.24, 2.45) is 0 Å². The van der Waals surface area contributed by atoms with Crippen LogP contribution in [0.3, 0.4) is 0 Å². The predicted octanol–water partition coefficient (Wildman–Crippen LogP) is 20.4. The summed E-state index contributed by atoms with van der Waals surface area (Å²) in [7, 11) is 1.50. The van der Waals surface area contributed by atoms with Crippen molar-refractivity contribution in [3.63, 3.8) is 0 Å². The number of quaternary nitrogens is 1. The van der Waals surface area contributed by atoms with Gasteiger partial charge in [-0.15, -0.1) is 0 Å². The van der Waals surface area contributed by atoms with E-state index < -0.39 is 20.0 Å². The molecule has 0 spiro atoms. The van der Waals surface area contributed by atoms with E-state index in [0.29, 0.717) is 17.4 Å². The number of likely N-dealkylation sites (N-methyl/N-ethyl adjacent to an activating group) is 1. The van der Waals surface area contributed by atoms with E-state index in [1.807, 2.05) is 27.2 Å². The number of rotatable bonds is 56. The molecule has 3 unspecified atom stereocenters. The first-order valence-electron chi connectivity index (χ1n) is 32.0. The van der Waals surface area contributed by atoms with Gasteiger partial charge in [-0.25, -0.2) is 4.57 Å². The molecule has 0 radical (unpaired) electrons. The normalized spacial score (nSPS) is 14.9. The third-order valence-corrected chi connectivity index (χ3v) is 14.2. The maximum atomic E-state index is 13.0. The van der Waals surface area contributed by atoms with Crippen LogP contribution in [0.1, 0.15) is 226 Å². The Balaban J connectivity index is 4.31. The molecule has 0 rings (SSSR count). The number of aliphatic hydroxyl groups excluding tert-OH is 1. The highest BCUT2D eigenvalue weighted by molar-refractivity contribution is 7.47. The molecule has 1 amide bonds. The summed E-state index contributed by atoms with van der Waals surface area (Å²) >= 11 is 0. The number of aliphatic hydroxyl groups is 1. The number of amides is 1. The zero-order chi connectivity index (χ0) is 59.1. The molecule has 0 bridgehead atoms. The van der Waals surface area contributed by atoms with Crippen LogP contribution in [0.15, 0.2) is 170 Å². The highest BCUT2D eigenvalue weighted by atomic mass is 31.2. The molecule has 0 saturated heterocycles. The highest BCUT2D eigenvalue weighted by Crippen LogP contribution is 2.43. The average molecular weight is 1140 g/mol. The summed E-state index contributed by atoms with van der Waals surface area (Å²) in [6, 6.07) is -0.901. The maximum Gasteiger partial charge on any atom is 0.472 e. The molecule has 458 valence electrons. The second kappa shape index (κ2) is 60.5. The lowest BCUT2D eigenvalue weighted by Gasteiger charge is -2.25. The summed E-state index contributed by atoms with van der Waals surface area (Å²) in [6.45, 7) is 4.63. The quantitative estimate of drug-likeness (QED) is 0.0243. The van der Waals surface area contributed by atoms with Gasteiger partial charge in [0, 0.05) is 6.42 Å². The highest BCUT2D eigenvalue weighted by Gasteiger charge is 2.27. The smallest absolute Gasteiger partial charge is 0.387 e. The van der Waals surface area contributed by atoms with Gasteiger partial charge in [-0.1, -0.05) is 267 Å². The third-order valence-electron chi connectivity index (χ3n) is 13.2. The van der Waals surface area contributed by atoms with Gasteiger partial charge in [-0.3, -0.25) is 13.8 Å². The maximum absolute atomic E-state index is 13.0. The second-order valence-corrected chi connectivity index (χ2v) is 23.5. The predicted molar refractivity (Wildman–Crippen MR) is 354 cm³/mol. The lowest BCUT2D eigenvalue weighted by atomic mass is 10.0. The summed E-state index contributed by atoms with van der Waals surface area (Å²) in [5, 5.41) is 13.9. The van der Waals surface area contributed by atoms with Crippen LogP contribution >= 0.6 is 7.82 Å². The Morgan fingerprint density at radius 1 is 0.432 bits per heavy atom. The zero-order valence-electron chi connectivity index (χ0n) is 52.2. The molecule has 81 heavy (non-hydrogen) atoms. The molecular weight excluding hydrogens is 1020 g/mol. The van der Waals surface area contributed by atoms with Crippen molar-refractivity contribution in [1.82, 2.24) is 5.32 Å². The Hall–Kier alpha value is -4.14. The van der Waals surface area contributed by atoms with E-state index in [1.54, 1.807) is 6.08 Å². The number of allylic oxidation sites excluding steroid dienone is 27. The van der Waals surface area contributed by atoms with E-state index in [9.17, 15) is 19.4 Å². The van der Waals surface area contributed by atoms with Gasteiger partial charge in [-0.2, -0.15) is 0 Å². The van der Waals surface area contributed by atoms with Crippen LogP contribution < -0.4 is 5.32 Å². The number of carbonyl (C=O) groups excluding carboxylic acids is 1. The molecular formula is C72H120N2O6P+. The first-order valence-corrected chi connectivity index (χ1v) is 33.5. The molecule has 3 atom stereocenters. The molecule has 0 aromatic heterocycles. The fourth-order valence-corrected chi connectivity index (χ4v) is 8.95. The largest absolute Gasteiger partial charge is 0.472 e. The molecule has 0 fully saturated rings. The van der Waals surface area contributed by atoms with E-state index in [1.165, 1.54) is 89.9 Å². The molecule has 0 aromatic carbocycles. The minimum atomic E-state index is -4.38. The van der Waals surface area contributed by atoms with Crippen LogP contribution in [0.4, 0.5) is 0 Å². The van der Waals surface area contributed by atoms with E-state index in [-0.39, 0.29) is 25.5 Å². The number of phosphoric acid groups is 1. The Kier molecular flexibility index (Phi) is 57.4. The van der Waals surface area contributed by atoms with Gasteiger partial charge in [0.05, 0.1) is 39.9 Å². The van der Waals surface area contributed by atoms with Gasteiger partial charge in [0.2, 0.25) is 5.91 Å².